The number of fused-ring (bicyclic) bond motifs is 1. The van der Waals surface area contributed by atoms with E-state index in [1.54, 1.807) is 7.11 Å². The van der Waals surface area contributed by atoms with Gasteiger partial charge in [-0.1, -0.05) is 12.1 Å². The zero-order chi connectivity index (χ0) is 14.8. The van der Waals surface area contributed by atoms with Crippen molar-refractivity contribution >= 4 is 5.69 Å². The molecule has 0 amide bonds. The Morgan fingerprint density at radius 3 is 3.00 bits per heavy atom. The number of benzene rings is 1. The van der Waals surface area contributed by atoms with Crippen molar-refractivity contribution in [2.45, 2.75) is 31.3 Å². The van der Waals surface area contributed by atoms with Crippen LogP contribution in [0.5, 0.6) is 0 Å². The van der Waals surface area contributed by atoms with Gasteiger partial charge in [0.2, 0.25) is 0 Å². The number of methoxy groups -OCH3 is 1. The molecule has 2 atom stereocenters. The van der Waals surface area contributed by atoms with Crippen molar-refractivity contribution in [3.8, 4) is 0 Å². The van der Waals surface area contributed by atoms with Crippen molar-refractivity contribution in [1.29, 1.82) is 0 Å². The van der Waals surface area contributed by atoms with Crippen LogP contribution in [0.15, 0.2) is 18.2 Å². The number of nitrogens with two attached hydrogens (primary N) is 1. The van der Waals surface area contributed by atoms with Gasteiger partial charge in [0, 0.05) is 45.5 Å². The molecule has 1 saturated heterocycles. The summed E-state index contributed by atoms with van der Waals surface area (Å²) in [6.07, 6.45) is 3.51. The second kappa shape index (κ2) is 6.34. The summed E-state index contributed by atoms with van der Waals surface area (Å²) < 4.78 is 5.24. The van der Waals surface area contributed by atoms with E-state index < -0.39 is 0 Å². The highest BCUT2D eigenvalue weighted by Crippen LogP contribution is 2.35. The van der Waals surface area contributed by atoms with Crippen molar-refractivity contribution in [2.24, 2.45) is 5.73 Å². The van der Waals surface area contributed by atoms with Crippen LogP contribution in [0, 0.1) is 0 Å². The van der Waals surface area contributed by atoms with Crippen LogP contribution < -0.4 is 10.6 Å². The number of hydrogen-bond donors (Lipinski definition) is 1. The lowest BCUT2D eigenvalue weighted by Gasteiger charge is -2.31. The molecule has 2 heterocycles. The van der Waals surface area contributed by atoms with Gasteiger partial charge in [0.1, 0.15) is 0 Å². The average molecular weight is 289 g/mol. The maximum Gasteiger partial charge on any atom is 0.0589 e. The summed E-state index contributed by atoms with van der Waals surface area (Å²) in [7, 11) is 3.95. The summed E-state index contributed by atoms with van der Waals surface area (Å²) in [5.74, 6) is 0. The Bertz CT molecular complexity index is 491. The fraction of sp³-hybridized carbons (Fsp3) is 0.647. The summed E-state index contributed by atoms with van der Waals surface area (Å²) in [5.41, 5.74) is 10.6. The zero-order valence-electron chi connectivity index (χ0n) is 13.2. The van der Waals surface area contributed by atoms with Gasteiger partial charge in [-0.25, -0.2) is 0 Å². The smallest absolute Gasteiger partial charge is 0.0589 e. The molecule has 2 aliphatic heterocycles. The first-order chi connectivity index (χ1) is 10.2. The molecule has 1 aromatic carbocycles. The molecule has 3 rings (SSSR count). The Hall–Kier alpha value is -1.10. The minimum absolute atomic E-state index is 0.237. The number of ether oxygens (including phenoxy) is 1. The van der Waals surface area contributed by atoms with E-state index in [1.807, 2.05) is 0 Å². The van der Waals surface area contributed by atoms with Crippen molar-refractivity contribution in [1.82, 2.24) is 4.90 Å². The Morgan fingerprint density at radius 1 is 1.33 bits per heavy atom. The van der Waals surface area contributed by atoms with Crippen LogP contribution in [0.2, 0.25) is 0 Å². The van der Waals surface area contributed by atoms with Crippen molar-refractivity contribution in [3.05, 3.63) is 29.3 Å². The SMILES string of the molecule is COCCN1CCC(N)C1c1ccc2c(c1)CCCN2C. The maximum absolute atomic E-state index is 6.38. The number of rotatable bonds is 4. The van der Waals surface area contributed by atoms with Gasteiger partial charge in [0.05, 0.1) is 12.6 Å². The van der Waals surface area contributed by atoms with Crippen molar-refractivity contribution < 1.29 is 4.74 Å². The lowest BCUT2D eigenvalue weighted by molar-refractivity contribution is 0.139. The normalized spacial score (nSPS) is 26.1. The topological polar surface area (TPSA) is 41.7 Å². The molecule has 0 radical (unpaired) electrons. The second-order valence-electron chi connectivity index (χ2n) is 6.34. The average Bonchev–Trinajstić information content (AvgIpc) is 2.86. The highest BCUT2D eigenvalue weighted by atomic mass is 16.5. The third kappa shape index (κ3) is 2.93. The molecular weight excluding hydrogens is 262 g/mol. The molecule has 1 fully saturated rings. The first-order valence-electron chi connectivity index (χ1n) is 8.03. The number of hydrogen-bond acceptors (Lipinski definition) is 4. The molecule has 0 aliphatic carbocycles. The van der Waals surface area contributed by atoms with Crippen LogP contribution in [0.1, 0.15) is 30.0 Å². The first-order valence-corrected chi connectivity index (χ1v) is 8.03. The largest absolute Gasteiger partial charge is 0.383 e. The fourth-order valence-corrected chi connectivity index (χ4v) is 3.79. The predicted octanol–water partition coefficient (Wildman–Crippen LogP) is 1.79. The van der Waals surface area contributed by atoms with Gasteiger partial charge < -0.3 is 15.4 Å². The quantitative estimate of drug-likeness (QED) is 0.917. The van der Waals surface area contributed by atoms with E-state index in [0.717, 1.165) is 32.7 Å². The first kappa shape index (κ1) is 14.8. The molecule has 0 spiro atoms. The van der Waals surface area contributed by atoms with Crippen LogP contribution in [-0.2, 0) is 11.2 Å². The van der Waals surface area contributed by atoms with E-state index in [0.29, 0.717) is 6.04 Å². The maximum atomic E-state index is 6.38. The lowest BCUT2D eigenvalue weighted by atomic mass is 9.94. The Labute approximate surface area is 127 Å². The predicted molar refractivity (Wildman–Crippen MR) is 86.8 cm³/mol. The molecule has 4 nitrogen and oxygen atoms in total. The summed E-state index contributed by atoms with van der Waals surface area (Å²) in [5, 5.41) is 0. The fourth-order valence-electron chi connectivity index (χ4n) is 3.79. The minimum atomic E-state index is 0.237. The number of nitrogens with zero attached hydrogens (tertiary/aromatic N) is 2. The second-order valence-corrected chi connectivity index (χ2v) is 6.34. The van der Waals surface area contributed by atoms with Crippen molar-refractivity contribution in [3.63, 3.8) is 0 Å². The third-order valence-corrected chi connectivity index (χ3v) is 4.93. The monoisotopic (exact) mass is 289 g/mol. The molecule has 0 saturated carbocycles. The van der Waals surface area contributed by atoms with Crippen LogP contribution >= 0.6 is 0 Å². The Morgan fingerprint density at radius 2 is 2.19 bits per heavy atom. The molecule has 0 aromatic heterocycles. The minimum Gasteiger partial charge on any atom is -0.383 e. The molecule has 2 unspecified atom stereocenters. The molecule has 0 bridgehead atoms. The summed E-state index contributed by atoms with van der Waals surface area (Å²) in [4.78, 5) is 4.84. The summed E-state index contributed by atoms with van der Waals surface area (Å²) in [6.45, 7) is 3.98. The molecule has 1 aromatic rings. The zero-order valence-corrected chi connectivity index (χ0v) is 13.2. The van der Waals surface area contributed by atoms with E-state index in [-0.39, 0.29) is 6.04 Å². The standard InChI is InChI=1S/C17H27N3O/c1-19-8-3-4-13-12-14(5-6-16(13)19)17-15(18)7-9-20(17)10-11-21-2/h5-6,12,15,17H,3-4,7-11,18H2,1-2H3. The van der Waals surface area contributed by atoms with Gasteiger partial charge in [-0.05, 0) is 36.5 Å². The number of likely N-dealkylation sites (tertiary alicyclic amines) is 1. The number of aryl methyl sites for hydroxylation is 1. The third-order valence-electron chi connectivity index (χ3n) is 4.93. The van der Waals surface area contributed by atoms with Crippen molar-refractivity contribution in [2.75, 3.05) is 45.3 Å². The van der Waals surface area contributed by atoms with Crippen LogP contribution in [0.25, 0.3) is 0 Å². The van der Waals surface area contributed by atoms with Gasteiger partial charge in [-0.3, -0.25) is 4.90 Å². The van der Waals surface area contributed by atoms with Gasteiger partial charge in [-0.2, -0.15) is 0 Å². The molecule has 4 heteroatoms. The molecule has 21 heavy (non-hydrogen) atoms. The Kier molecular flexibility index (Phi) is 4.48. The van der Waals surface area contributed by atoms with E-state index in [2.05, 4.69) is 35.0 Å². The molecule has 116 valence electrons. The Balaban J connectivity index is 1.84. The van der Waals surface area contributed by atoms with Gasteiger partial charge in [-0.15, -0.1) is 0 Å². The highest BCUT2D eigenvalue weighted by molar-refractivity contribution is 5.56. The van der Waals surface area contributed by atoms with E-state index in [9.17, 15) is 0 Å². The van der Waals surface area contributed by atoms with Gasteiger partial charge in [0.25, 0.3) is 0 Å². The summed E-state index contributed by atoms with van der Waals surface area (Å²) in [6, 6.07) is 7.53. The van der Waals surface area contributed by atoms with Crippen LogP contribution in [0.4, 0.5) is 5.69 Å². The van der Waals surface area contributed by atoms with Crippen LogP contribution in [-0.4, -0.2) is 51.3 Å². The number of anilines is 1. The molecule has 2 aliphatic rings. The molecular formula is C17H27N3O. The van der Waals surface area contributed by atoms with E-state index in [4.69, 9.17) is 10.5 Å². The lowest BCUT2D eigenvalue weighted by Crippen LogP contribution is -2.34. The molecule has 2 N–H and O–H groups in total. The van der Waals surface area contributed by atoms with E-state index in [1.165, 1.54) is 29.7 Å². The highest BCUT2D eigenvalue weighted by Gasteiger charge is 2.33. The van der Waals surface area contributed by atoms with Crippen LogP contribution in [0.3, 0.4) is 0 Å². The van der Waals surface area contributed by atoms with Gasteiger partial charge in [0.15, 0.2) is 0 Å². The van der Waals surface area contributed by atoms with E-state index >= 15 is 0 Å². The van der Waals surface area contributed by atoms with Gasteiger partial charge >= 0.3 is 0 Å². The summed E-state index contributed by atoms with van der Waals surface area (Å²) >= 11 is 0.